The monoisotopic (exact) mass is 1330 g/mol. The van der Waals surface area contributed by atoms with Gasteiger partial charge in [0, 0.05) is 72.7 Å². The summed E-state index contributed by atoms with van der Waals surface area (Å²) in [4.78, 5) is 152. The average molecular weight is 1330 g/mol. The van der Waals surface area contributed by atoms with Crippen LogP contribution in [0.4, 0.5) is 0 Å². The molecule has 0 spiro atoms. The number of aromatic nitrogens is 8. The van der Waals surface area contributed by atoms with Gasteiger partial charge in [0.05, 0.1) is 39.1 Å². The Morgan fingerprint density at radius 2 is 0.727 bits per heavy atom. The lowest BCUT2D eigenvalue weighted by molar-refractivity contribution is -0.0640. The Morgan fingerprint density at radius 3 is 1.06 bits per heavy atom. The van der Waals surface area contributed by atoms with Crippen molar-refractivity contribution in [3.05, 3.63) is 130 Å². The second kappa shape index (κ2) is 28.6. The van der Waals surface area contributed by atoms with Crippen LogP contribution in [0.5, 0.6) is 0 Å². The van der Waals surface area contributed by atoms with Gasteiger partial charge in [-0.2, -0.15) is 0 Å². The van der Waals surface area contributed by atoms with Gasteiger partial charge in [-0.25, -0.2) is 37.4 Å². The summed E-state index contributed by atoms with van der Waals surface area (Å²) >= 11 is 0. The highest BCUT2D eigenvalue weighted by Gasteiger charge is 2.49. The molecule has 88 heavy (non-hydrogen) atoms. The number of nitrogens with zero attached hydrogens (tertiary/aromatic N) is 4. The highest BCUT2D eigenvalue weighted by molar-refractivity contribution is 7.48. The third-order valence-corrected chi connectivity index (χ3v) is 18.4. The van der Waals surface area contributed by atoms with Crippen LogP contribution in [0, 0.1) is 27.7 Å². The van der Waals surface area contributed by atoms with Crippen molar-refractivity contribution < 1.29 is 98.1 Å². The van der Waals surface area contributed by atoms with Gasteiger partial charge in [0.1, 0.15) is 67.6 Å². The molecule has 4 fully saturated rings. The van der Waals surface area contributed by atoms with E-state index in [2.05, 4.69) is 19.9 Å². The van der Waals surface area contributed by atoms with Crippen molar-refractivity contribution in [3.8, 4) is 0 Å². The first-order valence-electron chi connectivity index (χ1n) is 27.2. The van der Waals surface area contributed by atoms with Gasteiger partial charge < -0.3 is 49.4 Å². The second-order valence-electron chi connectivity index (χ2n) is 21.0. The number of aryl methyl sites for hydroxylation is 4. The number of hydrogen-bond donors (Lipinski definition) is 10. The standard InChI is InChI=1S/C46H67N9O29P4/c1-23-15-52(43(61)48-39(23)57)35-11-27(56)31(78-35)19-75-86(67,68)82-29-13-37(54-17-25(3)41(59)50-45(54)63)80-33(29)21-77-88(71,72)84-30-14-38(55-18-26(4)42(60)51-46(55)64)81-34(30)22-76-87(69,70)83-28-12-36(53-16-24(2)40(58)49-44(53)62)79-32(28)20-74-85(65,66)73-10-8-6-5-7-9-47/h15-18,27-38,56H,5-14,19-22,47H2,1-4H3,(H,65,66)(H,67,68)(H,69,70)(H,71,72)(H,48,57,61)(H,49,58,62)(H,50,59,63)(H,51,60,64)/t27-,28-,29-,30-,31+,32+,33+,34+,35+,36+,37+,38+/m0/s1. The van der Waals surface area contributed by atoms with Crippen LogP contribution in [0.2, 0.25) is 0 Å². The van der Waals surface area contributed by atoms with E-state index in [0.29, 0.717) is 19.4 Å². The number of ether oxygens (including phenoxy) is 4. The fraction of sp³-hybridized carbons (Fsp3) is 0.652. The SMILES string of the molecule is Cc1cn([C@H]2C[C@H](OP(=O)(O)OC[C@H]3O[C@@H](n4cc(C)c(=O)[nH]c4=O)C[C@@H]3OP(=O)(O)OC[C@H]3O[C@@H](n4cc(C)c(=O)[nH]c4=O)C[C@@H]3OP(=O)(O)OC[C@H]3O[C@@H](n4cc(C)c(=O)[nH]c4=O)C[C@@H]3O)[C@@H](COP(=O)(O)OCCCCCCN)O2)c(=O)[nH]c1=O. The molecular formula is C46H67N9O29P4. The van der Waals surface area contributed by atoms with E-state index in [1.807, 2.05) is 0 Å². The molecule has 16 atom stereocenters. The summed E-state index contributed by atoms with van der Waals surface area (Å²) in [6.45, 7) is 1.95. The molecule has 8 heterocycles. The van der Waals surface area contributed by atoms with Crippen LogP contribution in [-0.2, 0) is 73.4 Å². The van der Waals surface area contributed by atoms with E-state index in [9.17, 15) is 81.3 Å². The van der Waals surface area contributed by atoms with Crippen molar-refractivity contribution in [3.63, 3.8) is 0 Å². The number of nitrogens with one attached hydrogen (secondary N) is 4. The summed E-state index contributed by atoms with van der Waals surface area (Å²) in [6, 6.07) is 0. The number of phosphoric acid groups is 4. The third kappa shape index (κ3) is 17.7. The smallest absolute Gasteiger partial charge is 0.390 e. The number of nitrogens with two attached hydrogens (primary N) is 1. The number of H-pyrrole nitrogens is 4. The van der Waals surface area contributed by atoms with E-state index in [0.717, 1.165) is 49.7 Å². The summed E-state index contributed by atoms with van der Waals surface area (Å²) in [7, 11) is -21.0. The van der Waals surface area contributed by atoms with Gasteiger partial charge in [-0.15, -0.1) is 0 Å². The molecule has 8 rings (SSSR count). The molecule has 0 saturated carbocycles. The predicted molar refractivity (Wildman–Crippen MR) is 296 cm³/mol. The van der Waals surface area contributed by atoms with Crippen LogP contribution in [-0.4, -0.2) is 151 Å². The Balaban J connectivity index is 0.969. The first kappa shape index (κ1) is 68.8. The topological polar surface area (TPSA) is 526 Å². The summed E-state index contributed by atoms with van der Waals surface area (Å²) in [5.41, 5.74) is -1.08. The van der Waals surface area contributed by atoms with Crippen molar-refractivity contribution in [1.82, 2.24) is 38.2 Å². The highest BCUT2D eigenvalue weighted by atomic mass is 31.2. The quantitative estimate of drug-likeness (QED) is 0.0232. The molecule has 490 valence electrons. The molecule has 0 bridgehead atoms. The lowest BCUT2D eigenvalue weighted by atomic mass is 10.2. The molecule has 4 unspecified atom stereocenters. The molecule has 42 heteroatoms. The maximum absolute atomic E-state index is 14.0. The van der Waals surface area contributed by atoms with Crippen molar-refractivity contribution in [2.45, 2.75) is 153 Å². The van der Waals surface area contributed by atoms with Crippen molar-refractivity contribution >= 4 is 31.3 Å². The normalized spacial score (nSPS) is 28.3. The van der Waals surface area contributed by atoms with Crippen LogP contribution in [0.1, 0.15) is 98.5 Å². The van der Waals surface area contributed by atoms with E-state index < -0.39 is 196 Å². The Bertz CT molecular complexity index is 3860. The molecule has 0 aromatic carbocycles. The number of aliphatic hydroxyl groups excluding tert-OH is 1. The van der Waals surface area contributed by atoms with Crippen LogP contribution in [0.25, 0.3) is 0 Å². The molecule has 4 aliphatic heterocycles. The number of aliphatic hydroxyl groups is 1. The highest BCUT2D eigenvalue weighted by Crippen LogP contribution is 2.54. The number of rotatable bonds is 29. The zero-order valence-corrected chi connectivity index (χ0v) is 50.9. The van der Waals surface area contributed by atoms with Gasteiger partial charge in [0.2, 0.25) is 0 Å². The molecule has 4 aromatic heterocycles. The van der Waals surface area contributed by atoms with Crippen LogP contribution in [0.3, 0.4) is 0 Å². The summed E-state index contributed by atoms with van der Waals surface area (Å²) in [5, 5.41) is 10.7. The zero-order valence-electron chi connectivity index (χ0n) is 47.3. The minimum absolute atomic E-state index is 0.000285. The van der Waals surface area contributed by atoms with Crippen molar-refractivity contribution in [1.29, 1.82) is 0 Å². The van der Waals surface area contributed by atoms with E-state index in [1.165, 1.54) is 33.9 Å². The number of phosphoric ester groups is 4. The molecule has 0 aliphatic carbocycles. The lowest BCUT2D eigenvalue weighted by Gasteiger charge is -2.25. The van der Waals surface area contributed by atoms with Crippen molar-refractivity contribution in [2.24, 2.45) is 5.73 Å². The summed E-state index contributed by atoms with van der Waals surface area (Å²) < 4.78 is 124. The van der Waals surface area contributed by atoms with Gasteiger partial charge >= 0.3 is 54.0 Å². The zero-order chi connectivity index (χ0) is 64.2. The van der Waals surface area contributed by atoms with Crippen molar-refractivity contribution in [2.75, 3.05) is 39.6 Å². The first-order valence-corrected chi connectivity index (χ1v) is 33.2. The number of hydrogen-bond acceptors (Lipinski definition) is 26. The Kier molecular flexibility index (Phi) is 22.4. The van der Waals surface area contributed by atoms with Crippen LogP contribution >= 0.6 is 31.3 Å². The van der Waals surface area contributed by atoms with E-state index in [1.54, 1.807) is 0 Å². The summed E-state index contributed by atoms with van der Waals surface area (Å²) in [5.74, 6) is 0. The fourth-order valence-corrected chi connectivity index (χ4v) is 13.4. The minimum Gasteiger partial charge on any atom is -0.390 e. The molecule has 38 nitrogen and oxygen atoms in total. The lowest BCUT2D eigenvalue weighted by Crippen LogP contribution is -2.33. The van der Waals surface area contributed by atoms with E-state index in [-0.39, 0.29) is 35.3 Å². The second-order valence-corrected chi connectivity index (χ2v) is 26.6. The molecule has 0 radical (unpaired) electrons. The molecule has 4 saturated heterocycles. The van der Waals surface area contributed by atoms with Crippen LogP contribution < -0.4 is 50.7 Å². The molecule has 4 aromatic rings. The van der Waals surface area contributed by atoms with Gasteiger partial charge in [-0.3, -0.25) is 93.6 Å². The largest absolute Gasteiger partial charge is 0.472 e. The molecular weight excluding hydrogens is 1270 g/mol. The van der Waals surface area contributed by atoms with Crippen LogP contribution in [0.15, 0.2) is 63.1 Å². The van der Waals surface area contributed by atoms with Gasteiger partial charge in [-0.1, -0.05) is 12.8 Å². The minimum atomic E-state index is -5.51. The number of unbranched alkanes of at least 4 members (excludes halogenated alkanes) is 3. The van der Waals surface area contributed by atoms with E-state index >= 15 is 0 Å². The average Bonchev–Trinajstić information content (AvgIpc) is 2.89. The third-order valence-electron chi connectivity index (χ3n) is 14.3. The fourth-order valence-electron chi connectivity index (χ4n) is 9.72. The molecule has 0 amide bonds. The van der Waals surface area contributed by atoms with Gasteiger partial charge in [0.15, 0.2) is 0 Å². The number of aromatic amines is 4. The maximum atomic E-state index is 14.0. The Labute approximate surface area is 494 Å². The summed E-state index contributed by atoms with van der Waals surface area (Å²) in [6.07, 6.45) is -12.8. The molecule has 11 N–H and O–H groups in total. The Hall–Kier alpha value is -5.08. The molecule has 4 aliphatic rings. The first-order chi connectivity index (χ1) is 41.3. The maximum Gasteiger partial charge on any atom is 0.472 e. The van der Waals surface area contributed by atoms with E-state index in [4.69, 9.17) is 60.9 Å². The predicted octanol–water partition coefficient (Wildman–Crippen LogP) is -0.909. The van der Waals surface area contributed by atoms with Gasteiger partial charge in [-0.05, 0) is 47.1 Å². The Morgan fingerprint density at radius 1 is 0.443 bits per heavy atom. The van der Waals surface area contributed by atoms with Gasteiger partial charge in [0.25, 0.3) is 22.2 Å².